The minimum atomic E-state index is -0.247. The topological polar surface area (TPSA) is 67.5 Å². The number of halogens is 1. The molecule has 1 aromatic rings. The van der Waals surface area contributed by atoms with Crippen molar-refractivity contribution in [2.75, 3.05) is 12.4 Å². The van der Waals surface area contributed by atoms with Crippen LogP contribution in [-0.4, -0.2) is 18.5 Å². The molecule has 0 saturated carbocycles. The summed E-state index contributed by atoms with van der Waals surface area (Å²) in [5.74, 6) is -0.247. The van der Waals surface area contributed by atoms with E-state index in [-0.39, 0.29) is 16.5 Å². The monoisotopic (exact) mass is 275 g/mol. The standard InChI is InChI=1S/C14H14ClN3O/c1-8-7-11(13(16)12(15)14(8)19)18-10-5-3-9(17-2)4-6-10/h3-7,17H,16H2,1-2H3. The summed E-state index contributed by atoms with van der Waals surface area (Å²) >= 11 is 5.89. The molecule has 1 aromatic carbocycles. The number of nitrogens with zero attached hydrogens (tertiary/aromatic N) is 1. The van der Waals surface area contributed by atoms with Crippen LogP contribution in [0.3, 0.4) is 0 Å². The molecule has 4 nitrogen and oxygen atoms in total. The first-order valence-corrected chi connectivity index (χ1v) is 6.16. The number of Topliss-reactive ketones (excluding diaryl/α,β-unsaturated/α-hetero) is 1. The van der Waals surface area contributed by atoms with Gasteiger partial charge in [-0.3, -0.25) is 4.79 Å². The number of ketones is 1. The second-order valence-corrected chi connectivity index (χ2v) is 4.56. The van der Waals surface area contributed by atoms with Crippen molar-refractivity contribution in [2.45, 2.75) is 6.92 Å². The fourth-order valence-corrected chi connectivity index (χ4v) is 1.94. The molecule has 1 aliphatic rings. The maximum absolute atomic E-state index is 11.6. The second-order valence-electron chi connectivity index (χ2n) is 4.18. The lowest BCUT2D eigenvalue weighted by atomic mass is 10.0. The Balaban J connectivity index is 2.39. The van der Waals surface area contributed by atoms with Gasteiger partial charge < -0.3 is 11.1 Å². The van der Waals surface area contributed by atoms with Gasteiger partial charge in [0.25, 0.3) is 0 Å². The van der Waals surface area contributed by atoms with Crippen LogP contribution in [0.25, 0.3) is 0 Å². The predicted octanol–water partition coefficient (Wildman–Crippen LogP) is 2.74. The molecule has 0 fully saturated rings. The highest BCUT2D eigenvalue weighted by Gasteiger charge is 2.21. The van der Waals surface area contributed by atoms with Crippen LogP contribution in [0.4, 0.5) is 11.4 Å². The van der Waals surface area contributed by atoms with Gasteiger partial charge in [-0.05, 0) is 37.3 Å². The minimum absolute atomic E-state index is 0.0330. The third-order valence-electron chi connectivity index (χ3n) is 2.83. The first kappa shape index (κ1) is 13.4. The molecule has 0 radical (unpaired) electrons. The number of hydrogen-bond acceptors (Lipinski definition) is 4. The number of aliphatic imine (C=N–C) groups is 1. The molecule has 0 amide bonds. The van der Waals surface area contributed by atoms with E-state index in [1.165, 1.54) is 0 Å². The minimum Gasteiger partial charge on any atom is -0.396 e. The van der Waals surface area contributed by atoms with Gasteiger partial charge >= 0.3 is 0 Å². The molecule has 0 bridgehead atoms. The summed E-state index contributed by atoms with van der Waals surface area (Å²) in [6.07, 6.45) is 1.65. The Morgan fingerprint density at radius 1 is 1.26 bits per heavy atom. The van der Waals surface area contributed by atoms with Crippen molar-refractivity contribution >= 4 is 34.5 Å². The largest absolute Gasteiger partial charge is 0.396 e. The van der Waals surface area contributed by atoms with E-state index in [0.717, 1.165) is 11.4 Å². The third kappa shape index (κ3) is 2.69. The van der Waals surface area contributed by atoms with Gasteiger partial charge in [0.1, 0.15) is 5.03 Å². The van der Waals surface area contributed by atoms with Crippen LogP contribution in [0, 0.1) is 0 Å². The van der Waals surface area contributed by atoms with Gasteiger partial charge in [0.2, 0.25) is 5.78 Å². The number of carbonyl (C=O) groups is 1. The van der Waals surface area contributed by atoms with E-state index in [1.54, 1.807) is 13.0 Å². The van der Waals surface area contributed by atoms with E-state index in [4.69, 9.17) is 17.3 Å². The first-order chi connectivity index (χ1) is 9.02. The molecule has 0 atom stereocenters. The highest BCUT2D eigenvalue weighted by atomic mass is 35.5. The second kappa shape index (κ2) is 5.28. The van der Waals surface area contributed by atoms with Crippen molar-refractivity contribution < 1.29 is 4.79 Å². The fraction of sp³-hybridized carbons (Fsp3) is 0.143. The molecule has 0 unspecified atom stereocenters. The number of hydrogen-bond donors (Lipinski definition) is 2. The smallest absolute Gasteiger partial charge is 0.202 e. The molecule has 98 valence electrons. The van der Waals surface area contributed by atoms with Crippen molar-refractivity contribution in [2.24, 2.45) is 10.7 Å². The number of carbonyl (C=O) groups excluding carboxylic acids is 1. The molecule has 0 heterocycles. The molecule has 2 rings (SSSR count). The average Bonchev–Trinajstić information content (AvgIpc) is 2.43. The molecule has 1 aliphatic carbocycles. The molecular weight excluding hydrogens is 262 g/mol. The van der Waals surface area contributed by atoms with Crippen molar-refractivity contribution in [1.29, 1.82) is 0 Å². The van der Waals surface area contributed by atoms with E-state index < -0.39 is 0 Å². The zero-order chi connectivity index (χ0) is 14.0. The van der Waals surface area contributed by atoms with Crippen LogP contribution in [0.1, 0.15) is 6.92 Å². The lowest BCUT2D eigenvalue weighted by Gasteiger charge is -2.12. The van der Waals surface area contributed by atoms with Gasteiger partial charge in [0.15, 0.2) is 0 Å². The van der Waals surface area contributed by atoms with Gasteiger partial charge in [-0.25, -0.2) is 4.99 Å². The Hall–Kier alpha value is -2.07. The molecule has 0 saturated heterocycles. The third-order valence-corrected chi connectivity index (χ3v) is 3.20. The van der Waals surface area contributed by atoms with Crippen LogP contribution in [-0.2, 0) is 4.79 Å². The van der Waals surface area contributed by atoms with E-state index in [9.17, 15) is 4.79 Å². The highest BCUT2D eigenvalue weighted by molar-refractivity contribution is 6.49. The van der Waals surface area contributed by atoms with Gasteiger partial charge in [-0.1, -0.05) is 11.6 Å². The summed E-state index contributed by atoms with van der Waals surface area (Å²) in [6.45, 7) is 1.69. The quantitative estimate of drug-likeness (QED) is 0.816. The summed E-state index contributed by atoms with van der Waals surface area (Å²) in [4.78, 5) is 16.0. The summed E-state index contributed by atoms with van der Waals surface area (Å²) in [7, 11) is 1.85. The summed E-state index contributed by atoms with van der Waals surface area (Å²) < 4.78 is 0. The fourth-order valence-electron chi connectivity index (χ4n) is 1.69. The lowest BCUT2D eigenvalue weighted by Crippen LogP contribution is -2.20. The molecule has 0 spiro atoms. The number of allylic oxidation sites excluding steroid dienone is 3. The first-order valence-electron chi connectivity index (χ1n) is 5.78. The number of rotatable bonds is 2. The Kier molecular flexibility index (Phi) is 3.71. The number of nitrogens with one attached hydrogen (secondary N) is 1. The van der Waals surface area contributed by atoms with Crippen molar-refractivity contribution in [1.82, 2.24) is 0 Å². The van der Waals surface area contributed by atoms with Gasteiger partial charge in [-0.2, -0.15) is 0 Å². The maximum atomic E-state index is 11.6. The zero-order valence-electron chi connectivity index (χ0n) is 10.7. The van der Waals surface area contributed by atoms with E-state index >= 15 is 0 Å². The SMILES string of the molecule is CNc1ccc(N=C2C=C(C)C(=O)C(Cl)=C2N)cc1. The van der Waals surface area contributed by atoms with Crippen molar-refractivity contribution in [3.05, 3.63) is 46.6 Å². The molecule has 3 N–H and O–H groups in total. The normalized spacial score (nSPS) is 17.7. The molecule has 5 heteroatoms. The average molecular weight is 276 g/mol. The Morgan fingerprint density at radius 3 is 2.47 bits per heavy atom. The lowest BCUT2D eigenvalue weighted by molar-refractivity contribution is -0.111. The van der Waals surface area contributed by atoms with Crippen LogP contribution >= 0.6 is 11.6 Å². The van der Waals surface area contributed by atoms with E-state index in [0.29, 0.717) is 11.3 Å². The van der Waals surface area contributed by atoms with Crippen molar-refractivity contribution in [3.8, 4) is 0 Å². The van der Waals surface area contributed by atoms with Crippen molar-refractivity contribution in [3.63, 3.8) is 0 Å². The number of nitrogens with two attached hydrogens (primary N) is 1. The van der Waals surface area contributed by atoms with E-state index in [1.807, 2.05) is 31.3 Å². The summed E-state index contributed by atoms with van der Waals surface area (Å²) in [5, 5.41) is 3.06. The van der Waals surface area contributed by atoms with Gasteiger partial charge in [0.05, 0.1) is 17.1 Å². The molecule has 0 aliphatic heterocycles. The molecule has 19 heavy (non-hydrogen) atoms. The number of anilines is 1. The van der Waals surface area contributed by atoms with E-state index in [2.05, 4.69) is 10.3 Å². The van der Waals surface area contributed by atoms with Gasteiger partial charge in [0, 0.05) is 18.3 Å². The maximum Gasteiger partial charge on any atom is 0.202 e. The highest BCUT2D eigenvalue weighted by Crippen LogP contribution is 2.23. The van der Waals surface area contributed by atoms with Crippen LogP contribution in [0.2, 0.25) is 0 Å². The van der Waals surface area contributed by atoms with Crippen LogP contribution in [0.5, 0.6) is 0 Å². The Bertz CT molecular complexity index is 612. The molecular formula is C14H14ClN3O. The van der Waals surface area contributed by atoms with Crippen LogP contribution < -0.4 is 11.1 Å². The summed E-state index contributed by atoms with van der Waals surface area (Å²) in [6, 6.07) is 7.54. The molecule has 0 aromatic heterocycles. The Morgan fingerprint density at radius 2 is 1.89 bits per heavy atom. The Labute approximate surface area is 116 Å². The zero-order valence-corrected chi connectivity index (χ0v) is 11.5. The summed E-state index contributed by atoms with van der Waals surface area (Å²) in [5.41, 5.74) is 8.83. The van der Waals surface area contributed by atoms with Crippen LogP contribution in [0.15, 0.2) is 51.6 Å². The predicted molar refractivity (Wildman–Crippen MR) is 78.9 cm³/mol. The van der Waals surface area contributed by atoms with Gasteiger partial charge in [-0.15, -0.1) is 0 Å². The number of benzene rings is 1.